The van der Waals surface area contributed by atoms with Crippen LogP contribution in [0.2, 0.25) is 0 Å². The third-order valence-corrected chi connectivity index (χ3v) is 3.51. The van der Waals surface area contributed by atoms with Crippen molar-refractivity contribution in [1.82, 2.24) is 10.6 Å². The first-order chi connectivity index (χ1) is 11.0. The van der Waals surface area contributed by atoms with Gasteiger partial charge in [-0.2, -0.15) is 0 Å². The van der Waals surface area contributed by atoms with Crippen molar-refractivity contribution in [2.24, 2.45) is 10.4 Å². The van der Waals surface area contributed by atoms with Crippen LogP contribution >= 0.6 is 0 Å². The number of aliphatic imine (C=N–C) groups is 1. The van der Waals surface area contributed by atoms with E-state index in [9.17, 15) is 0 Å². The molecule has 1 rings (SSSR count). The first-order valence-electron chi connectivity index (χ1n) is 8.03. The second kappa shape index (κ2) is 10.3. The largest absolute Gasteiger partial charge is 0.469 e. The highest BCUT2D eigenvalue weighted by Crippen LogP contribution is 2.21. The van der Waals surface area contributed by atoms with Gasteiger partial charge in [0, 0.05) is 33.7 Å². The van der Waals surface area contributed by atoms with Crippen LogP contribution in [0.5, 0.6) is 0 Å². The number of hydrogen-bond acceptors (Lipinski definition) is 4. The maximum absolute atomic E-state index is 5.55. The van der Waals surface area contributed by atoms with E-state index in [0.717, 1.165) is 24.7 Å². The maximum atomic E-state index is 5.55. The Morgan fingerprint density at radius 3 is 2.57 bits per heavy atom. The second-order valence-electron chi connectivity index (χ2n) is 6.46. The molecule has 23 heavy (non-hydrogen) atoms. The van der Waals surface area contributed by atoms with E-state index in [-0.39, 0.29) is 11.5 Å². The minimum atomic E-state index is 0.0457. The SMILES string of the molecule is COCCNC(=NCC(OC)C(C)(C)C)NCCc1ccco1. The van der Waals surface area contributed by atoms with Crippen LogP contribution in [0.15, 0.2) is 27.8 Å². The first kappa shape index (κ1) is 19.5. The van der Waals surface area contributed by atoms with Crippen molar-refractivity contribution in [1.29, 1.82) is 0 Å². The Balaban J connectivity index is 2.53. The summed E-state index contributed by atoms with van der Waals surface area (Å²) >= 11 is 0. The number of guanidine groups is 1. The van der Waals surface area contributed by atoms with Crippen molar-refractivity contribution >= 4 is 5.96 Å². The summed E-state index contributed by atoms with van der Waals surface area (Å²) in [5, 5.41) is 6.57. The van der Waals surface area contributed by atoms with Gasteiger partial charge >= 0.3 is 0 Å². The van der Waals surface area contributed by atoms with Crippen LogP contribution in [0, 0.1) is 5.41 Å². The van der Waals surface area contributed by atoms with E-state index in [1.165, 1.54) is 0 Å². The fourth-order valence-corrected chi connectivity index (χ4v) is 2.08. The number of furan rings is 1. The average molecular weight is 325 g/mol. The highest BCUT2D eigenvalue weighted by Gasteiger charge is 2.24. The molecule has 6 heteroatoms. The van der Waals surface area contributed by atoms with Gasteiger partial charge in [-0.05, 0) is 17.5 Å². The van der Waals surface area contributed by atoms with E-state index < -0.39 is 0 Å². The molecule has 0 saturated carbocycles. The molecule has 132 valence electrons. The number of nitrogens with zero attached hydrogens (tertiary/aromatic N) is 1. The summed E-state index contributed by atoms with van der Waals surface area (Å²) in [6.07, 6.45) is 2.56. The lowest BCUT2D eigenvalue weighted by Crippen LogP contribution is -2.41. The van der Waals surface area contributed by atoms with Crippen molar-refractivity contribution in [3.05, 3.63) is 24.2 Å². The molecule has 1 heterocycles. The molecule has 2 N–H and O–H groups in total. The van der Waals surface area contributed by atoms with Gasteiger partial charge in [-0.15, -0.1) is 0 Å². The lowest BCUT2D eigenvalue weighted by molar-refractivity contribution is 0.0241. The Kier molecular flexibility index (Phi) is 8.73. The number of methoxy groups -OCH3 is 2. The van der Waals surface area contributed by atoms with Gasteiger partial charge in [0.1, 0.15) is 5.76 Å². The predicted molar refractivity (Wildman–Crippen MR) is 92.8 cm³/mol. The zero-order valence-corrected chi connectivity index (χ0v) is 15.0. The van der Waals surface area contributed by atoms with Crippen LogP contribution in [0.25, 0.3) is 0 Å². The van der Waals surface area contributed by atoms with Gasteiger partial charge in [0.2, 0.25) is 0 Å². The quantitative estimate of drug-likeness (QED) is 0.413. The normalized spacial score (nSPS) is 13.9. The van der Waals surface area contributed by atoms with Gasteiger partial charge in [0.25, 0.3) is 0 Å². The molecule has 1 aromatic rings. The summed E-state index contributed by atoms with van der Waals surface area (Å²) in [5.74, 6) is 1.72. The molecule has 6 nitrogen and oxygen atoms in total. The van der Waals surface area contributed by atoms with Gasteiger partial charge in [0.05, 0.1) is 25.5 Å². The molecule has 0 fully saturated rings. The highest BCUT2D eigenvalue weighted by atomic mass is 16.5. The maximum Gasteiger partial charge on any atom is 0.191 e. The molecule has 0 saturated heterocycles. The smallest absolute Gasteiger partial charge is 0.191 e. The third kappa shape index (κ3) is 8.04. The number of nitrogens with one attached hydrogen (secondary N) is 2. The highest BCUT2D eigenvalue weighted by molar-refractivity contribution is 5.79. The van der Waals surface area contributed by atoms with Gasteiger partial charge < -0.3 is 24.5 Å². The Labute approximate surface area is 139 Å². The van der Waals surface area contributed by atoms with E-state index in [2.05, 4.69) is 36.4 Å². The summed E-state index contributed by atoms with van der Waals surface area (Å²) in [4.78, 5) is 4.64. The molecule has 0 amide bonds. The molecule has 0 spiro atoms. The fraction of sp³-hybridized carbons (Fsp3) is 0.706. The molecular formula is C17H31N3O3. The molecule has 1 atom stereocenters. The minimum Gasteiger partial charge on any atom is -0.469 e. The molecule has 0 bridgehead atoms. The predicted octanol–water partition coefficient (Wildman–Crippen LogP) is 2.06. The molecule has 0 radical (unpaired) electrons. The van der Waals surface area contributed by atoms with Crippen LogP contribution in [0.4, 0.5) is 0 Å². The average Bonchev–Trinajstić information content (AvgIpc) is 2.99. The molecule has 1 aromatic heterocycles. The van der Waals surface area contributed by atoms with Crippen molar-refractivity contribution in [3.8, 4) is 0 Å². The van der Waals surface area contributed by atoms with Crippen LogP contribution in [-0.4, -0.2) is 52.5 Å². The Hall–Kier alpha value is -1.53. The van der Waals surface area contributed by atoms with E-state index in [1.54, 1.807) is 20.5 Å². The molecule has 0 aliphatic rings. The minimum absolute atomic E-state index is 0.0457. The summed E-state index contributed by atoms with van der Waals surface area (Å²) < 4.78 is 16.0. The van der Waals surface area contributed by atoms with E-state index >= 15 is 0 Å². The Bertz CT molecular complexity index is 438. The molecule has 1 unspecified atom stereocenters. The van der Waals surface area contributed by atoms with Crippen molar-refractivity contribution in [2.75, 3.05) is 40.5 Å². The second-order valence-corrected chi connectivity index (χ2v) is 6.46. The van der Waals surface area contributed by atoms with Crippen molar-refractivity contribution in [3.63, 3.8) is 0 Å². The van der Waals surface area contributed by atoms with Gasteiger partial charge in [-0.25, -0.2) is 0 Å². The monoisotopic (exact) mass is 325 g/mol. The van der Waals surface area contributed by atoms with E-state index in [1.807, 2.05) is 12.1 Å². The van der Waals surface area contributed by atoms with Crippen molar-refractivity contribution in [2.45, 2.75) is 33.3 Å². The van der Waals surface area contributed by atoms with Gasteiger partial charge in [-0.3, -0.25) is 4.99 Å². The first-order valence-corrected chi connectivity index (χ1v) is 8.03. The standard InChI is InChI=1S/C17H31N3O3/c1-17(2,3)15(22-5)13-20-16(19-10-12-21-4)18-9-8-14-7-6-11-23-14/h6-7,11,15H,8-10,12-13H2,1-5H3,(H2,18,19,20). The summed E-state index contributed by atoms with van der Waals surface area (Å²) in [6, 6.07) is 3.87. The van der Waals surface area contributed by atoms with Gasteiger partial charge in [-0.1, -0.05) is 20.8 Å². The molecule has 0 aliphatic carbocycles. The van der Waals surface area contributed by atoms with Crippen LogP contribution in [-0.2, 0) is 15.9 Å². The van der Waals surface area contributed by atoms with E-state index in [4.69, 9.17) is 13.9 Å². The lowest BCUT2D eigenvalue weighted by Gasteiger charge is -2.28. The zero-order valence-electron chi connectivity index (χ0n) is 15.0. The molecule has 0 aromatic carbocycles. The van der Waals surface area contributed by atoms with Crippen LogP contribution in [0.1, 0.15) is 26.5 Å². The number of rotatable bonds is 9. The Morgan fingerprint density at radius 2 is 2.00 bits per heavy atom. The fourth-order valence-electron chi connectivity index (χ4n) is 2.08. The summed E-state index contributed by atoms with van der Waals surface area (Å²) in [5.41, 5.74) is 0.0457. The summed E-state index contributed by atoms with van der Waals surface area (Å²) in [7, 11) is 3.41. The molecular weight excluding hydrogens is 294 g/mol. The lowest BCUT2D eigenvalue weighted by atomic mass is 9.89. The number of hydrogen-bond donors (Lipinski definition) is 2. The number of ether oxygens (including phenoxy) is 2. The Morgan fingerprint density at radius 1 is 1.26 bits per heavy atom. The van der Waals surface area contributed by atoms with E-state index in [0.29, 0.717) is 19.7 Å². The zero-order chi connectivity index (χ0) is 17.1. The summed E-state index contributed by atoms with van der Waals surface area (Å²) in [6.45, 7) is 9.14. The van der Waals surface area contributed by atoms with Gasteiger partial charge in [0.15, 0.2) is 5.96 Å². The molecule has 0 aliphatic heterocycles. The third-order valence-electron chi connectivity index (χ3n) is 3.51. The van der Waals surface area contributed by atoms with Crippen LogP contribution in [0.3, 0.4) is 0 Å². The van der Waals surface area contributed by atoms with Crippen molar-refractivity contribution < 1.29 is 13.9 Å². The topological polar surface area (TPSA) is 68.0 Å². The van der Waals surface area contributed by atoms with Crippen LogP contribution < -0.4 is 10.6 Å².